The molecular formula is C17H15F3N6O. The summed E-state index contributed by atoms with van der Waals surface area (Å²) in [6.45, 7) is 1.02. The van der Waals surface area contributed by atoms with Gasteiger partial charge in [0.05, 0.1) is 24.6 Å². The average molecular weight is 376 g/mol. The fourth-order valence-corrected chi connectivity index (χ4v) is 2.68. The predicted molar refractivity (Wildman–Crippen MR) is 92.1 cm³/mol. The number of halogens is 3. The maximum Gasteiger partial charge on any atom is 0.433 e. The minimum absolute atomic E-state index is 0.0301. The Morgan fingerprint density at radius 2 is 1.85 bits per heavy atom. The summed E-state index contributed by atoms with van der Waals surface area (Å²) in [6.07, 6.45) is -1.80. The number of rotatable bonds is 5. The number of hydrogen-bond donors (Lipinski definition) is 2. The first-order valence-electron chi connectivity index (χ1n) is 8.23. The Morgan fingerprint density at radius 3 is 2.59 bits per heavy atom. The molecule has 1 aliphatic rings. The van der Waals surface area contributed by atoms with E-state index in [4.69, 9.17) is 4.74 Å². The van der Waals surface area contributed by atoms with Crippen LogP contribution in [0.3, 0.4) is 0 Å². The van der Waals surface area contributed by atoms with Gasteiger partial charge in [-0.1, -0.05) is 6.07 Å². The number of aromatic nitrogens is 4. The molecule has 27 heavy (non-hydrogen) atoms. The van der Waals surface area contributed by atoms with Crippen molar-refractivity contribution < 1.29 is 17.9 Å². The summed E-state index contributed by atoms with van der Waals surface area (Å²) in [5.41, 5.74) is -0.443. The maximum atomic E-state index is 13.1. The Balaban J connectivity index is 1.63. The molecule has 0 spiro atoms. The SMILES string of the molecule is FC(F)(F)c1ncccc1CNc1nc(NC2COC2)nc2ncccc12. The molecule has 0 aromatic carbocycles. The van der Waals surface area contributed by atoms with Crippen molar-refractivity contribution in [3.05, 3.63) is 47.9 Å². The molecule has 0 bridgehead atoms. The molecule has 7 nitrogen and oxygen atoms in total. The number of pyridine rings is 2. The van der Waals surface area contributed by atoms with Crippen molar-refractivity contribution in [1.29, 1.82) is 0 Å². The Bertz CT molecular complexity index is 961. The zero-order chi connectivity index (χ0) is 18.9. The highest BCUT2D eigenvalue weighted by molar-refractivity contribution is 5.87. The number of fused-ring (bicyclic) bond motifs is 1. The Labute approximate surface area is 152 Å². The molecule has 0 saturated carbocycles. The van der Waals surface area contributed by atoms with E-state index >= 15 is 0 Å². The Hall–Kier alpha value is -3.01. The van der Waals surface area contributed by atoms with Crippen LogP contribution in [0.2, 0.25) is 0 Å². The summed E-state index contributed by atoms with van der Waals surface area (Å²) in [6, 6.07) is 6.43. The summed E-state index contributed by atoms with van der Waals surface area (Å²) >= 11 is 0. The van der Waals surface area contributed by atoms with Crippen molar-refractivity contribution in [2.75, 3.05) is 23.8 Å². The van der Waals surface area contributed by atoms with Gasteiger partial charge in [-0.3, -0.25) is 4.98 Å². The predicted octanol–water partition coefficient (Wildman–Crippen LogP) is 2.86. The van der Waals surface area contributed by atoms with E-state index in [1.54, 1.807) is 18.3 Å². The van der Waals surface area contributed by atoms with Gasteiger partial charge in [-0.2, -0.15) is 23.1 Å². The van der Waals surface area contributed by atoms with Gasteiger partial charge >= 0.3 is 6.18 Å². The van der Waals surface area contributed by atoms with Gasteiger partial charge in [0.15, 0.2) is 5.65 Å². The van der Waals surface area contributed by atoms with Crippen molar-refractivity contribution in [2.24, 2.45) is 0 Å². The standard InChI is InChI=1S/C17H15F3N6O/c18-17(19,20)13-10(3-1-5-21-13)7-23-15-12-4-2-6-22-14(12)25-16(26-15)24-11-8-27-9-11/h1-6,11H,7-9H2,(H2,22,23,24,25,26). The van der Waals surface area contributed by atoms with Crippen LogP contribution >= 0.6 is 0 Å². The Morgan fingerprint density at radius 1 is 1.07 bits per heavy atom. The molecule has 1 saturated heterocycles. The van der Waals surface area contributed by atoms with Crippen molar-refractivity contribution in [1.82, 2.24) is 19.9 Å². The molecule has 4 heterocycles. The molecule has 0 aliphatic carbocycles. The first-order valence-corrected chi connectivity index (χ1v) is 8.23. The van der Waals surface area contributed by atoms with E-state index in [0.29, 0.717) is 36.0 Å². The highest BCUT2D eigenvalue weighted by Crippen LogP contribution is 2.30. The molecule has 10 heteroatoms. The van der Waals surface area contributed by atoms with Crippen LogP contribution in [-0.4, -0.2) is 39.2 Å². The molecule has 3 aromatic heterocycles. The van der Waals surface area contributed by atoms with Gasteiger partial charge in [-0.25, -0.2) is 4.98 Å². The monoisotopic (exact) mass is 376 g/mol. The molecule has 0 radical (unpaired) electrons. The molecule has 0 unspecified atom stereocenters. The summed E-state index contributed by atoms with van der Waals surface area (Å²) in [4.78, 5) is 16.4. The van der Waals surface area contributed by atoms with Gasteiger partial charge < -0.3 is 15.4 Å². The third-order valence-electron chi connectivity index (χ3n) is 4.05. The smallest absolute Gasteiger partial charge is 0.377 e. The first kappa shape index (κ1) is 17.4. The minimum Gasteiger partial charge on any atom is -0.377 e. The number of anilines is 2. The van der Waals surface area contributed by atoms with Crippen LogP contribution < -0.4 is 10.6 Å². The van der Waals surface area contributed by atoms with Crippen molar-refractivity contribution in [2.45, 2.75) is 18.8 Å². The summed E-state index contributed by atoms with van der Waals surface area (Å²) < 4.78 is 44.5. The lowest BCUT2D eigenvalue weighted by Gasteiger charge is -2.27. The van der Waals surface area contributed by atoms with E-state index in [0.717, 1.165) is 6.20 Å². The van der Waals surface area contributed by atoms with E-state index in [9.17, 15) is 13.2 Å². The molecule has 4 rings (SSSR count). The van der Waals surface area contributed by atoms with Crippen LogP contribution in [0.15, 0.2) is 36.7 Å². The summed E-state index contributed by atoms with van der Waals surface area (Å²) in [5.74, 6) is 0.743. The van der Waals surface area contributed by atoms with E-state index in [2.05, 4.69) is 30.6 Å². The van der Waals surface area contributed by atoms with E-state index in [1.807, 2.05) is 0 Å². The second kappa shape index (κ2) is 6.95. The molecule has 3 aromatic rings. The van der Waals surface area contributed by atoms with Gasteiger partial charge in [-0.05, 0) is 18.2 Å². The lowest BCUT2D eigenvalue weighted by atomic mass is 10.2. The third-order valence-corrected chi connectivity index (χ3v) is 4.05. The number of nitrogens with one attached hydrogen (secondary N) is 2. The van der Waals surface area contributed by atoms with Crippen LogP contribution in [0.5, 0.6) is 0 Å². The topological polar surface area (TPSA) is 84.9 Å². The molecule has 0 atom stereocenters. The van der Waals surface area contributed by atoms with Crippen LogP contribution in [-0.2, 0) is 17.5 Å². The first-order chi connectivity index (χ1) is 13.0. The second-order valence-electron chi connectivity index (χ2n) is 6.01. The van der Waals surface area contributed by atoms with Crippen LogP contribution in [0.25, 0.3) is 11.0 Å². The van der Waals surface area contributed by atoms with Crippen LogP contribution in [0.4, 0.5) is 24.9 Å². The van der Waals surface area contributed by atoms with Gasteiger partial charge in [-0.15, -0.1) is 0 Å². The van der Waals surface area contributed by atoms with E-state index in [1.165, 1.54) is 12.1 Å². The fraction of sp³-hybridized carbons (Fsp3) is 0.294. The quantitative estimate of drug-likeness (QED) is 0.708. The fourth-order valence-electron chi connectivity index (χ4n) is 2.68. The summed E-state index contributed by atoms with van der Waals surface area (Å²) in [5, 5.41) is 6.70. The van der Waals surface area contributed by atoms with Gasteiger partial charge in [0, 0.05) is 24.5 Å². The zero-order valence-electron chi connectivity index (χ0n) is 14.0. The third kappa shape index (κ3) is 3.75. The molecule has 1 aliphatic heterocycles. The summed E-state index contributed by atoms with van der Waals surface area (Å²) in [7, 11) is 0. The number of alkyl halides is 3. The van der Waals surface area contributed by atoms with Crippen molar-refractivity contribution >= 4 is 22.8 Å². The average Bonchev–Trinajstić information content (AvgIpc) is 2.62. The highest BCUT2D eigenvalue weighted by Gasteiger charge is 2.34. The van der Waals surface area contributed by atoms with Gasteiger partial charge in [0.25, 0.3) is 0 Å². The number of hydrogen-bond acceptors (Lipinski definition) is 7. The van der Waals surface area contributed by atoms with Crippen LogP contribution in [0.1, 0.15) is 11.3 Å². The molecular weight excluding hydrogens is 361 g/mol. The van der Waals surface area contributed by atoms with Crippen molar-refractivity contribution in [3.8, 4) is 0 Å². The lowest BCUT2D eigenvalue weighted by molar-refractivity contribution is -0.141. The molecule has 1 fully saturated rings. The zero-order valence-corrected chi connectivity index (χ0v) is 14.0. The molecule has 2 N–H and O–H groups in total. The normalized spacial score (nSPS) is 14.8. The second-order valence-corrected chi connectivity index (χ2v) is 6.01. The van der Waals surface area contributed by atoms with Crippen LogP contribution in [0, 0.1) is 0 Å². The number of ether oxygens (including phenoxy) is 1. The molecule has 0 amide bonds. The Kier molecular flexibility index (Phi) is 4.48. The van der Waals surface area contributed by atoms with E-state index in [-0.39, 0.29) is 18.2 Å². The minimum atomic E-state index is -4.52. The molecule has 140 valence electrons. The van der Waals surface area contributed by atoms with Crippen molar-refractivity contribution in [3.63, 3.8) is 0 Å². The largest absolute Gasteiger partial charge is 0.433 e. The lowest BCUT2D eigenvalue weighted by Crippen LogP contribution is -2.40. The number of nitrogens with zero attached hydrogens (tertiary/aromatic N) is 4. The van der Waals surface area contributed by atoms with E-state index < -0.39 is 11.9 Å². The maximum absolute atomic E-state index is 13.1. The van der Waals surface area contributed by atoms with Gasteiger partial charge in [0.1, 0.15) is 11.5 Å². The highest BCUT2D eigenvalue weighted by atomic mass is 19.4. The van der Waals surface area contributed by atoms with Gasteiger partial charge in [0.2, 0.25) is 5.95 Å².